The number of likely N-dealkylation sites (N-methyl/N-ethyl adjacent to an activating group) is 1. The molecule has 1 atom stereocenters. The van der Waals surface area contributed by atoms with Gasteiger partial charge in [0.05, 0.1) is 0 Å². The smallest absolute Gasteiger partial charge is 0.124 e. The summed E-state index contributed by atoms with van der Waals surface area (Å²) in [5.74, 6) is -0.298. The summed E-state index contributed by atoms with van der Waals surface area (Å²) >= 11 is 8.43. The average Bonchev–Trinajstić information content (AvgIpc) is 2.41. The van der Waals surface area contributed by atoms with E-state index < -0.39 is 0 Å². The second-order valence-corrected chi connectivity index (χ2v) is 6.26. The molecule has 0 aliphatic heterocycles. The van der Waals surface area contributed by atoms with Crippen LogP contribution in [0.4, 0.5) is 4.39 Å². The Labute approximate surface area is 137 Å². The second kappa shape index (κ2) is 7.38. The molecular weight excluding hydrogens is 388 g/mol. The summed E-state index contributed by atoms with van der Waals surface area (Å²) < 4.78 is 14.3. The van der Waals surface area contributed by atoms with E-state index in [1.165, 1.54) is 21.3 Å². The lowest BCUT2D eigenvalue weighted by molar-refractivity contribution is 0.548. The first-order valence-corrected chi connectivity index (χ1v) is 7.98. The predicted molar refractivity (Wildman–Crippen MR) is 90.7 cm³/mol. The molecule has 0 amide bonds. The molecule has 0 bridgehead atoms. The Balaban J connectivity index is 2.25. The number of hydrogen-bond acceptors (Lipinski definition) is 1. The number of rotatable bonds is 5. The zero-order chi connectivity index (χ0) is 14.5. The van der Waals surface area contributed by atoms with E-state index >= 15 is 0 Å². The summed E-state index contributed by atoms with van der Waals surface area (Å²) in [6.45, 7) is 2.95. The molecule has 0 fully saturated rings. The van der Waals surface area contributed by atoms with E-state index in [1.807, 2.05) is 6.07 Å². The molecule has 20 heavy (non-hydrogen) atoms. The molecule has 2 aromatic rings. The number of nitrogens with one attached hydrogen (secondary N) is 1. The molecule has 0 radical (unpaired) electrons. The summed E-state index contributed by atoms with van der Waals surface area (Å²) in [5, 5.41) is 3.95. The fourth-order valence-electron chi connectivity index (χ4n) is 2.18. The lowest BCUT2D eigenvalue weighted by Crippen LogP contribution is -2.23. The zero-order valence-corrected chi connectivity index (χ0v) is 14.1. The summed E-state index contributed by atoms with van der Waals surface area (Å²) in [6.07, 6.45) is 0.743. The molecule has 0 saturated carbocycles. The van der Waals surface area contributed by atoms with E-state index in [0.29, 0.717) is 5.02 Å². The fraction of sp³-hybridized carbons (Fsp3) is 0.250. The number of halogens is 3. The Morgan fingerprint density at radius 2 is 2.05 bits per heavy atom. The summed E-state index contributed by atoms with van der Waals surface area (Å²) in [7, 11) is 0. The molecule has 0 aromatic heterocycles. The van der Waals surface area contributed by atoms with E-state index in [2.05, 4.69) is 53.0 Å². The maximum absolute atomic E-state index is 13.1. The van der Waals surface area contributed by atoms with Gasteiger partial charge >= 0.3 is 0 Å². The van der Waals surface area contributed by atoms with Gasteiger partial charge in [-0.15, -0.1) is 0 Å². The minimum Gasteiger partial charge on any atom is -0.310 e. The van der Waals surface area contributed by atoms with E-state index in [0.717, 1.165) is 18.5 Å². The molecule has 0 aliphatic carbocycles. The summed E-state index contributed by atoms with van der Waals surface area (Å²) in [4.78, 5) is 0. The largest absolute Gasteiger partial charge is 0.310 e. The van der Waals surface area contributed by atoms with Gasteiger partial charge in [0, 0.05) is 14.6 Å². The summed E-state index contributed by atoms with van der Waals surface area (Å²) in [5.41, 5.74) is 2.18. The maximum Gasteiger partial charge on any atom is 0.124 e. The van der Waals surface area contributed by atoms with Gasteiger partial charge in [-0.3, -0.25) is 0 Å². The molecule has 0 heterocycles. The molecule has 1 nitrogen and oxygen atoms in total. The minimum atomic E-state index is -0.298. The monoisotopic (exact) mass is 403 g/mol. The van der Waals surface area contributed by atoms with Crippen LogP contribution in [0.15, 0.2) is 42.5 Å². The minimum absolute atomic E-state index is 0.178. The van der Waals surface area contributed by atoms with Crippen LogP contribution < -0.4 is 5.32 Å². The van der Waals surface area contributed by atoms with Crippen LogP contribution in [0.5, 0.6) is 0 Å². The van der Waals surface area contributed by atoms with Crippen LogP contribution in [0.2, 0.25) is 5.02 Å². The van der Waals surface area contributed by atoms with Crippen molar-refractivity contribution in [3.8, 4) is 0 Å². The molecule has 0 spiro atoms. The molecule has 4 heteroatoms. The maximum atomic E-state index is 13.1. The van der Waals surface area contributed by atoms with Crippen LogP contribution in [0.3, 0.4) is 0 Å². The molecule has 2 aromatic carbocycles. The summed E-state index contributed by atoms with van der Waals surface area (Å²) in [6, 6.07) is 13.1. The van der Waals surface area contributed by atoms with Crippen molar-refractivity contribution in [2.24, 2.45) is 0 Å². The van der Waals surface area contributed by atoms with Crippen molar-refractivity contribution in [1.29, 1.82) is 0 Å². The van der Waals surface area contributed by atoms with Crippen molar-refractivity contribution < 1.29 is 4.39 Å². The Hall–Kier alpha value is -0.650. The van der Waals surface area contributed by atoms with Crippen molar-refractivity contribution in [2.75, 3.05) is 6.54 Å². The van der Waals surface area contributed by atoms with Gasteiger partial charge in [0.15, 0.2) is 0 Å². The van der Waals surface area contributed by atoms with Crippen molar-refractivity contribution in [3.63, 3.8) is 0 Å². The van der Waals surface area contributed by atoms with Crippen molar-refractivity contribution in [1.82, 2.24) is 5.32 Å². The first-order chi connectivity index (χ1) is 9.60. The van der Waals surface area contributed by atoms with Gasteiger partial charge < -0.3 is 5.32 Å². The highest BCUT2D eigenvalue weighted by Gasteiger charge is 2.13. The average molecular weight is 404 g/mol. The Kier molecular flexibility index (Phi) is 5.81. The lowest BCUT2D eigenvalue weighted by Gasteiger charge is -2.19. The molecule has 2 rings (SSSR count). The third kappa shape index (κ3) is 4.17. The molecule has 1 unspecified atom stereocenters. The molecule has 0 saturated heterocycles. The third-order valence-corrected chi connectivity index (χ3v) is 4.16. The number of benzene rings is 2. The topological polar surface area (TPSA) is 12.0 Å². The Morgan fingerprint density at radius 1 is 1.25 bits per heavy atom. The first kappa shape index (κ1) is 15.7. The van der Waals surface area contributed by atoms with Crippen LogP contribution in [-0.4, -0.2) is 6.54 Å². The Bertz CT molecular complexity index is 588. The van der Waals surface area contributed by atoms with E-state index in [4.69, 9.17) is 11.6 Å². The van der Waals surface area contributed by atoms with Crippen molar-refractivity contribution in [3.05, 3.63) is 68.0 Å². The first-order valence-electron chi connectivity index (χ1n) is 6.53. The van der Waals surface area contributed by atoms with Crippen LogP contribution in [0.1, 0.15) is 24.1 Å². The predicted octanol–water partition coefficient (Wildman–Crippen LogP) is 4.98. The van der Waals surface area contributed by atoms with Crippen LogP contribution in [0.25, 0.3) is 0 Å². The molecular formula is C16H16ClFIN. The highest BCUT2D eigenvalue weighted by molar-refractivity contribution is 14.1. The SMILES string of the molecule is CCNC(Cc1ccc(F)cc1Cl)c1cccc(I)c1. The van der Waals surface area contributed by atoms with Crippen LogP contribution in [0, 0.1) is 9.39 Å². The lowest BCUT2D eigenvalue weighted by atomic mass is 9.99. The van der Waals surface area contributed by atoms with Crippen molar-refractivity contribution in [2.45, 2.75) is 19.4 Å². The highest BCUT2D eigenvalue weighted by atomic mass is 127. The van der Waals surface area contributed by atoms with Crippen LogP contribution in [-0.2, 0) is 6.42 Å². The van der Waals surface area contributed by atoms with Gasteiger partial charge in [-0.05, 0) is 70.9 Å². The van der Waals surface area contributed by atoms with Gasteiger partial charge in [0.25, 0.3) is 0 Å². The number of hydrogen-bond donors (Lipinski definition) is 1. The molecule has 0 aliphatic rings. The zero-order valence-electron chi connectivity index (χ0n) is 11.2. The van der Waals surface area contributed by atoms with Gasteiger partial charge in [0.2, 0.25) is 0 Å². The van der Waals surface area contributed by atoms with Gasteiger partial charge in [-0.2, -0.15) is 0 Å². The van der Waals surface area contributed by atoms with Gasteiger partial charge in [-0.1, -0.05) is 36.7 Å². The van der Waals surface area contributed by atoms with E-state index in [1.54, 1.807) is 6.07 Å². The molecule has 106 valence electrons. The fourth-order valence-corrected chi connectivity index (χ4v) is 3.00. The quantitative estimate of drug-likeness (QED) is 0.695. The third-order valence-electron chi connectivity index (χ3n) is 3.14. The standard InChI is InChI=1S/C16H16ClFIN/c1-2-20-16(12-4-3-5-14(19)8-12)9-11-6-7-13(18)10-15(11)17/h3-8,10,16,20H,2,9H2,1H3. The van der Waals surface area contributed by atoms with E-state index in [-0.39, 0.29) is 11.9 Å². The van der Waals surface area contributed by atoms with E-state index in [9.17, 15) is 4.39 Å². The molecule has 1 N–H and O–H groups in total. The Morgan fingerprint density at radius 3 is 2.70 bits per heavy atom. The normalized spacial score (nSPS) is 12.4. The van der Waals surface area contributed by atoms with Gasteiger partial charge in [0.1, 0.15) is 5.82 Å². The van der Waals surface area contributed by atoms with Crippen molar-refractivity contribution >= 4 is 34.2 Å². The second-order valence-electron chi connectivity index (χ2n) is 4.61. The highest BCUT2D eigenvalue weighted by Crippen LogP contribution is 2.25. The van der Waals surface area contributed by atoms with Crippen LogP contribution >= 0.6 is 34.2 Å². The van der Waals surface area contributed by atoms with Gasteiger partial charge in [-0.25, -0.2) is 4.39 Å².